The summed E-state index contributed by atoms with van der Waals surface area (Å²) in [6.45, 7) is 43.6. The van der Waals surface area contributed by atoms with Crippen LogP contribution in [0.25, 0.3) is 0 Å². The Labute approximate surface area is 425 Å². The third-order valence-electron chi connectivity index (χ3n) is 20.1. The Morgan fingerprint density at radius 1 is 0.403 bits per heavy atom. The fraction of sp³-hybridized carbons (Fsp3) is 0.931. The van der Waals surface area contributed by atoms with Crippen LogP contribution in [0.4, 0.5) is 0 Å². The number of fused-ring (bicyclic) bond motifs is 8. The summed E-state index contributed by atoms with van der Waals surface area (Å²) in [4.78, 5) is 0. The van der Waals surface area contributed by atoms with Crippen molar-refractivity contribution in [3.05, 3.63) is 24.3 Å². The SMILES string of the molecule is CCO[Si](C)(C)C1CC2CCC1C2.CCO[Si](C)(OCC)C1CC2CCC1C2.C[Si](C)(C)C1C=CC=C1.C[Si](C)(C)C1CC2CCC1C2.C[Si](C)(C)C1CC2CCC1C2.C[Si]1(C)CCCCC1. The predicted molar refractivity (Wildman–Crippen MR) is 314 cm³/mol. The number of rotatable bonds is 11. The molecule has 12 atom stereocenters. The van der Waals surface area contributed by atoms with Crippen molar-refractivity contribution in [1.29, 1.82) is 0 Å². The van der Waals surface area contributed by atoms with Crippen molar-refractivity contribution in [2.45, 2.75) is 274 Å². The van der Waals surface area contributed by atoms with Gasteiger partial charge in [-0.2, -0.15) is 0 Å². The Bertz CT molecular complexity index is 1460. The summed E-state index contributed by atoms with van der Waals surface area (Å²) in [6.07, 6.45) is 37.9. The van der Waals surface area contributed by atoms with E-state index in [2.05, 4.69) is 137 Å². The van der Waals surface area contributed by atoms with Crippen LogP contribution in [0.1, 0.15) is 143 Å². The van der Waals surface area contributed by atoms with E-state index < -0.39 is 49.2 Å². The van der Waals surface area contributed by atoms with Crippen molar-refractivity contribution < 1.29 is 13.3 Å². The molecule has 1 heterocycles. The van der Waals surface area contributed by atoms with Gasteiger partial charge in [0.2, 0.25) is 0 Å². The predicted octanol–water partition coefficient (Wildman–Crippen LogP) is 19.5. The molecule has 9 fully saturated rings. The molecule has 8 bridgehead atoms. The van der Waals surface area contributed by atoms with Crippen LogP contribution in [0, 0.1) is 47.3 Å². The van der Waals surface area contributed by atoms with Gasteiger partial charge in [-0.25, -0.2) is 0 Å². The largest absolute Gasteiger partial charge is 0.417 e. The number of hydrogen-bond donors (Lipinski definition) is 0. The minimum Gasteiger partial charge on any atom is -0.417 e. The molecule has 1 saturated heterocycles. The molecule has 0 spiro atoms. The van der Waals surface area contributed by atoms with Crippen LogP contribution < -0.4 is 0 Å². The topological polar surface area (TPSA) is 27.7 Å². The lowest BCUT2D eigenvalue weighted by Crippen LogP contribution is -2.45. The summed E-state index contributed by atoms with van der Waals surface area (Å²) in [7, 11) is -6.24. The average Bonchev–Trinajstić information content (AvgIpc) is 4.09. The molecule has 0 aromatic heterocycles. The third kappa shape index (κ3) is 17.1. The van der Waals surface area contributed by atoms with E-state index in [0.29, 0.717) is 0 Å². The third-order valence-corrected chi connectivity index (χ3v) is 39.0. The summed E-state index contributed by atoms with van der Waals surface area (Å²) in [6, 6.07) is 3.18. The van der Waals surface area contributed by atoms with Crippen molar-refractivity contribution in [3.63, 3.8) is 0 Å². The van der Waals surface area contributed by atoms with Gasteiger partial charge in [-0.15, -0.1) is 0 Å². The van der Waals surface area contributed by atoms with Gasteiger partial charge in [-0.1, -0.05) is 179 Å². The zero-order valence-electron chi connectivity index (χ0n) is 48.0. The van der Waals surface area contributed by atoms with Gasteiger partial charge in [-0.05, 0) is 161 Å². The minimum atomic E-state index is -1.87. The zero-order valence-corrected chi connectivity index (χ0v) is 54.0. The first-order chi connectivity index (χ1) is 31.3. The summed E-state index contributed by atoms with van der Waals surface area (Å²) in [5.41, 5.74) is 4.90. The van der Waals surface area contributed by atoms with Gasteiger partial charge in [-0.3, -0.25) is 0 Å². The highest BCUT2D eigenvalue weighted by Crippen LogP contribution is 2.58. The van der Waals surface area contributed by atoms with E-state index in [9.17, 15) is 0 Å². The first kappa shape index (κ1) is 58.5. The Morgan fingerprint density at radius 2 is 0.746 bits per heavy atom. The maximum absolute atomic E-state index is 6.02. The first-order valence-corrected chi connectivity index (χ1v) is 49.1. The van der Waals surface area contributed by atoms with Gasteiger partial charge in [0.15, 0.2) is 8.32 Å². The molecular weight excluding hydrogens is 913 g/mol. The molecule has 9 heteroatoms. The summed E-state index contributed by atoms with van der Waals surface area (Å²) in [5.74, 6) is 8.64. The molecule has 9 aliphatic carbocycles. The maximum Gasteiger partial charge on any atom is 0.338 e. The Morgan fingerprint density at radius 3 is 0.970 bits per heavy atom. The Balaban J connectivity index is 0.000000152. The zero-order chi connectivity index (χ0) is 49.4. The number of allylic oxidation sites excluding steroid dienone is 4. The second-order valence-electron chi connectivity index (χ2n) is 29.2. The van der Waals surface area contributed by atoms with Crippen LogP contribution in [-0.2, 0) is 13.3 Å². The van der Waals surface area contributed by atoms with Crippen LogP contribution in [0.15, 0.2) is 24.3 Å². The van der Waals surface area contributed by atoms with Gasteiger partial charge in [0.05, 0.1) is 8.07 Å². The fourth-order valence-electron chi connectivity index (χ4n) is 16.4. The van der Waals surface area contributed by atoms with Crippen LogP contribution in [0.5, 0.6) is 0 Å². The van der Waals surface area contributed by atoms with E-state index in [1.54, 1.807) is 63.5 Å². The molecule has 0 amide bonds. The highest BCUT2D eigenvalue weighted by atomic mass is 28.4. The molecule has 3 nitrogen and oxygen atoms in total. The highest BCUT2D eigenvalue weighted by Gasteiger charge is 2.53. The molecule has 8 saturated carbocycles. The lowest BCUT2D eigenvalue weighted by atomic mass is 10.0. The molecule has 390 valence electrons. The summed E-state index contributed by atoms with van der Waals surface area (Å²) < 4.78 is 18.1. The van der Waals surface area contributed by atoms with Gasteiger partial charge >= 0.3 is 8.56 Å². The molecule has 0 aromatic rings. The van der Waals surface area contributed by atoms with Gasteiger partial charge in [0.25, 0.3) is 0 Å². The van der Waals surface area contributed by atoms with Crippen LogP contribution >= 0.6 is 0 Å². The molecule has 10 rings (SSSR count). The fourth-order valence-corrected chi connectivity index (χ4v) is 32.9. The van der Waals surface area contributed by atoms with E-state index in [0.717, 1.165) is 83.8 Å². The van der Waals surface area contributed by atoms with Crippen molar-refractivity contribution in [2.24, 2.45) is 47.3 Å². The van der Waals surface area contributed by atoms with Crippen molar-refractivity contribution in [3.8, 4) is 0 Å². The van der Waals surface area contributed by atoms with Gasteiger partial charge in [0, 0.05) is 49.6 Å². The molecule has 0 aromatic carbocycles. The van der Waals surface area contributed by atoms with Crippen molar-refractivity contribution >= 4 is 49.2 Å². The second-order valence-corrected chi connectivity index (χ2v) is 58.4. The summed E-state index contributed by atoms with van der Waals surface area (Å²) in [5, 5.41) is 0. The Hall–Kier alpha value is 0.661. The van der Waals surface area contributed by atoms with E-state index in [1.807, 2.05) is 0 Å². The van der Waals surface area contributed by atoms with E-state index in [1.165, 1.54) is 81.7 Å². The lowest BCUT2D eigenvalue weighted by Gasteiger charge is -2.36. The van der Waals surface area contributed by atoms with Crippen LogP contribution in [-0.4, -0.2) is 69.0 Å². The molecule has 0 N–H and O–H groups in total. The highest BCUT2D eigenvalue weighted by molar-refractivity contribution is 6.79. The molecule has 12 unspecified atom stereocenters. The Kier molecular flexibility index (Phi) is 22.1. The van der Waals surface area contributed by atoms with E-state index in [-0.39, 0.29) is 0 Å². The average molecular weight is 1030 g/mol. The van der Waals surface area contributed by atoms with Gasteiger partial charge in [0.1, 0.15) is 0 Å². The van der Waals surface area contributed by atoms with Gasteiger partial charge < -0.3 is 13.3 Å². The van der Waals surface area contributed by atoms with E-state index >= 15 is 0 Å². The quantitative estimate of drug-likeness (QED) is 0.193. The monoisotopic (exact) mass is 1030 g/mol. The maximum atomic E-state index is 6.02. The normalized spacial score (nSPS) is 35.5. The smallest absolute Gasteiger partial charge is 0.338 e. The standard InChI is InChI=1S/C12H24O2Si.C11H22OSi.2C10H20Si.C8H14Si.C7H16Si/c1-4-13-15(3,14-5-2)12-9-10-6-7-11(12)8-10;1-4-12-13(2,3)11-8-9-5-6-10(11)7-9;2*1-11(2,3)10-7-8-4-5-9(10)6-8;1-9(2,3)8-6-4-5-7-8;1-8(2)6-4-3-5-7-8/h10-12H,4-9H2,1-3H3;9-11H,4-8H2,1-3H3;2*8-10H,4-7H2,1-3H3;4-8H,1-3H3;3-7H2,1-2H3. The van der Waals surface area contributed by atoms with Crippen molar-refractivity contribution in [2.75, 3.05) is 19.8 Å². The molecule has 0 radical (unpaired) electrons. The lowest BCUT2D eigenvalue weighted by molar-refractivity contribution is 0.168. The van der Waals surface area contributed by atoms with Crippen LogP contribution in [0.3, 0.4) is 0 Å². The van der Waals surface area contributed by atoms with E-state index in [4.69, 9.17) is 13.3 Å². The number of hydrogen-bond acceptors (Lipinski definition) is 3. The first-order valence-electron chi connectivity index (χ1n) is 29.5. The second kappa shape index (κ2) is 25.3. The van der Waals surface area contributed by atoms with Crippen LogP contribution in [0.2, 0.25) is 131 Å². The molecule has 67 heavy (non-hydrogen) atoms. The molecular formula is C58H116O3Si6. The minimum absolute atomic E-state index is 0.590. The molecule has 1 aliphatic heterocycles. The van der Waals surface area contributed by atoms with Crippen molar-refractivity contribution in [1.82, 2.24) is 0 Å². The molecule has 10 aliphatic rings. The summed E-state index contributed by atoms with van der Waals surface area (Å²) >= 11 is 0.